The van der Waals surface area contributed by atoms with Gasteiger partial charge in [0.15, 0.2) is 0 Å². The number of hydrogen-bond acceptors (Lipinski definition) is 3. The van der Waals surface area contributed by atoms with Crippen LogP contribution in [0.4, 0.5) is 8.78 Å². The molecule has 2 heterocycles. The van der Waals surface area contributed by atoms with E-state index in [-0.39, 0.29) is 36.3 Å². The second-order valence-electron chi connectivity index (χ2n) is 8.99. The monoisotopic (exact) mass is 481 g/mol. The Labute approximate surface area is 206 Å². The molecule has 0 fully saturated rings. The summed E-state index contributed by atoms with van der Waals surface area (Å²) < 4.78 is 33.9. The van der Waals surface area contributed by atoms with E-state index >= 15 is 0 Å². The Hall–Kier alpha value is -4.36. The molecule has 178 valence electrons. The van der Waals surface area contributed by atoms with E-state index in [2.05, 4.69) is 11.4 Å². The van der Waals surface area contributed by atoms with Crippen molar-refractivity contribution in [1.82, 2.24) is 5.32 Å². The first-order valence-corrected chi connectivity index (χ1v) is 11.5. The van der Waals surface area contributed by atoms with Gasteiger partial charge in [-0.05, 0) is 69.8 Å². The topological polar surface area (TPSA) is 88.2 Å². The van der Waals surface area contributed by atoms with Crippen LogP contribution >= 0.6 is 0 Å². The Morgan fingerprint density at radius 2 is 1.44 bits per heavy atom. The van der Waals surface area contributed by atoms with Crippen LogP contribution in [-0.4, -0.2) is 11.7 Å². The van der Waals surface area contributed by atoms with Gasteiger partial charge in [0.1, 0.15) is 29.7 Å². The zero-order valence-electron chi connectivity index (χ0n) is 19.0. The molecule has 0 saturated heterocycles. The van der Waals surface area contributed by atoms with Gasteiger partial charge in [-0.1, -0.05) is 42.5 Å². The molecule has 2 aliphatic heterocycles. The van der Waals surface area contributed by atoms with Crippen molar-refractivity contribution in [2.75, 3.05) is 0 Å². The van der Waals surface area contributed by atoms with Crippen LogP contribution in [0.3, 0.4) is 0 Å². The van der Waals surface area contributed by atoms with Gasteiger partial charge in [0.05, 0.1) is 0 Å². The second kappa shape index (κ2) is 8.39. The van der Waals surface area contributed by atoms with Crippen LogP contribution in [0.2, 0.25) is 0 Å². The maximum atomic E-state index is 14.3. The van der Waals surface area contributed by atoms with Crippen molar-refractivity contribution in [1.29, 1.82) is 5.41 Å². The van der Waals surface area contributed by atoms with Crippen molar-refractivity contribution in [3.8, 4) is 11.1 Å². The maximum absolute atomic E-state index is 14.3. The quantitative estimate of drug-likeness (QED) is 0.265. The number of carbonyl (C=O) groups excluding carboxylic acids is 1. The van der Waals surface area contributed by atoms with E-state index in [4.69, 9.17) is 15.9 Å². The Morgan fingerprint density at radius 1 is 0.806 bits per heavy atom. The summed E-state index contributed by atoms with van der Waals surface area (Å²) in [5, 5.41) is 10.2. The number of nitrogen functional groups attached to an aromatic ring is 1. The number of fused-ring (bicyclic) bond motifs is 8. The van der Waals surface area contributed by atoms with Gasteiger partial charge in [-0.3, -0.25) is 10.2 Å². The van der Waals surface area contributed by atoms with E-state index in [0.717, 1.165) is 33.4 Å². The Morgan fingerprint density at radius 3 is 2.17 bits per heavy atom. The van der Waals surface area contributed by atoms with E-state index in [1.807, 2.05) is 24.3 Å². The molecule has 0 saturated carbocycles. The molecule has 36 heavy (non-hydrogen) atoms. The van der Waals surface area contributed by atoms with Crippen LogP contribution in [0.15, 0.2) is 78.9 Å². The largest absolute Gasteiger partial charge is 0.384 e. The van der Waals surface area contributed by atoms with Gasteiger partial charge < -0.3 is 15.8 Å². The minimum Gasteiger partial charge on any atom is -0.384 e. The van der Waals surface area contributed by atoms with Crippen molar-refractivity contribution in [3.05, 3.63) is 129 Å². The van der Waals surface area contributed by atoms with E-state index in [1.165, 1.54) is 24.3 Å². The summed E-state index contributed by atoms with van der Waals surface area (Å²) in [6.45, 7) is 0.00630. The predicted octanol–water partition coefficient (Wildman–Crippen LogP) is 5.37. The van der Waals surface area contributed by atoms with Gasteiger partial charge in [0.2, 0.25) is 0 Å². The fourth-order valence-electron chi connectivity index (χ4n) is 4.94. The van der Waals surface area contributed by atoms with Gasteiger partial charge >= 0.3 is 0 Å². The van der Waals surface area contributed by atoms with Crippen molar-refractivity contribution >= 4 is 11.7 Å². The number of benzene rings is 4. The van der Waals surface area contributed by atoms with Gasteiger partial charge in [0.25, 0.3) is 5.91 Å². The average Bonchev–Trinajstić information content (AvgIpc) is 3.45. The van der Waals surface area contributed by atoms with Gasteiger partial charge in [0, 0.05) is 23.2 Å². The molecule has 2 unspecified atom stereocenters. The number of amides is 1. The molecule has 0 radical (unpaired) electrons. The molecule has 7 heteroatoms. The van der Waals surface area contributed by atoms with Crippen molar-refractivity contribution < 1.29 is 18.3 Å². The smallest absolute Gasteiger partial charge is 0.251 e. The zero-order chi connectivity index (χ0) is 25.0. The average molecular weight is 482 g/mol. The standard InChI is InChI=1S/C29H21F2N3O2/c30-20-7-3-15(4-8-20)16-5-9-21-23(11-16)27-24-12-18(6-10-22(24)26(21)36-27)29(35)34-14-19-2-1-17(28(32)33)13-25(19)31/h1-13,26-27H,14H2,(H3,32,33)(H,34,35). The van der Waals surface area contributed by atoms with Gasteiger partial charge in [-0.15, -0.1) is 0 Å². The summed E-state index contributed by atoms with van der Waals surface area (Å²) in [5.41, 5.74) is 12.4. The summed E-state index contributed by atoms with van der Waals surface area (Å²) in [6.07, 6.45) is -0.474. The molecule has 5 nitrogen and oxygen atoms in total. The van der Waals surface area contributed by atoms with Crippen LogP contribution in [0.5, 0.6) is 0 Å². The summed E-state index contributed by atoms with van der Waals surface area (Å²) in [6, 6.07) is 22.2. The zero-order valence-corrected chi connectivity index (χ0v) is 19.0. The Kier molecular flexibility index (Phi) is 5.16. The highest BCUT2D eigenvalue weighted by Crippen LogP contribution is 2.54. The lowest BCUT2D eigenvalue weighted by Gasteiger charge is -2.18. The molecule has 2 aliphatic rings. The molecule has 4 aromatic rings. The molecule has 2 atom stereocenters. The molecular formula is C29H21F2N3O2. The number of carbonyl (C=O) groups is 1. The van der Waals surface area contributed by atoms with Crippen LogP contribution < -0.4 is 11.1 Å². The number of hydrogen-bond donors (Lipinski definition) is 3. The highest BCUT2D eigenvalue weighted by atomic mass is 19.1. The first kappa shape index (κ1) is 22.1. The van der Waals surface area contributed by atoms with E-state index in [9.17, 15) is 13.6 Å². The normalized spacial score (nSPS) is 16.9. The number of rotatable bonds is 5. The third-order valence-electron chi connectivity index (χ3n) is 6.82. The second-order valence-corrected chi connectivity index (χ2v) is 8.99. The maximum Gasteiger partial charge on any atom is 0.251 e. The first-order valence-electron chi connectivity index (χ1n) is 11.5. The molecule has 6 rings (SSSR count). The SMILES string of the molecule is N=C(N)c1ccc(CNC(=O)c2ccc3c(c2)C2OC3c3ccc(-c4ccc(F)cc4)cc32)c(F)c1. The van der Waals surface area contributed by atoms with Crippen LogP contribution in [0, 0.1) is 17.0 Å². The fourth-order valence-corrected chi connectivity index (χ4v) is 4.94. The minimum atomic E-state index is -0.531. The van der Waals surface area contributed by atoms with Gasteiger partial charge in [-0.25, -0.2) is 8.78 Å². The summed E-state index contributed by atoms with van der Waals surface area (Å²) >= 11 is 0. The fraction of sp³-hybridized carbons (Fsp3) is 0.103. The number of amidine groups is 1. The molecule has 4 N–H and O–H groups in total. The molecule has 4 aromatic carbocycles. The number of nitrogens with two attached hydrogens (primary N) is 1. The van der Waals surface area contributed by atoms with E-state index < -0.39 is 5.82 Å². The predicted molar refractivity (Wildman–Crippen MR) is 132 cm³/mol. The van der Waals surface area contributed by atoms with Crippen molar-refractivity contribution in [2.24, 2.45) is 5.73 Å². The summed E-state index contributed by atoms with van der Waals surface area (Å²) in [4.78, 5) is 12.9. The lowest BCUT2D eigenvalue weighted by atomic mass is 9.84. The van der Waals surface area contributed by atoms with Crippen LogP contribution in [0.25, 0.3) is 11.1 Å². The molecule has 0 aromatic heterocycles. The highest BCUT2D eigenvalue weighted by molar-refractivity contribution is 5.95. The highest BCUT2D eigenvalue weighted by Gasteiger charge is 2.43. The third kappa shape index (κ3) is 3.65. The lowest BCUT2D eigenvalue weighted by molar-refractivity contribution is 0.0857. The van der Waals surface area contributed by atoms with Crippen LogP contribution in [-0.2, 0) is 11.3 Å². The van der Waals surface area contributed by atoms with Crippen LogP contribution in [0.1, 0.15) is 55.9 Å². The minimum absolute atomic E-state index is 0.00630. The third-order valence-corrected chi connectivity index (χ3v) is 6.82. The van der Waals surface area contributed by atoms with Crippen molar-refractivity contribution in [2.45, 2.75) is 18.8 Å². The number of halogens is 2. The lowest BCUT2D eigenvalue weighted by Crippen LogP contribution is -2.24. The van der Waals surface area contributed by atoms with Crippen molar-refractivity contribution in [3.63, 3.8) is 0 Å². The Balaban J connectivity index is 1.23. The molecule has 2 bridgehead atoms. The molecular weight excluding hydrogens is 460 g/mol. The molecule has 0 spiro atoms. The summed E-state index contributed by atoms with van der Waals surface area (Å²) in [7, 11) is 0. The first-order chi connectivity index (χ1) is 17.4. The van der Waals surface area contributed by atoms with E-state index in [1.54, 1.807) is 24.3 Å². The molecule has 0 aliphatic carbocycles. The Bertz CT molecular complexity index is 1550. The molecule has 1 amide bonds. The number of ether oxygens (including phenoxy) is 1. The van der Waals surface area contributed by atoms with E-state index in [0.29, 0.717) is 16.7 Å². The number of nitrogens with one attached hydrogen (secondary N) is 2. The van der Waals surface area contributed by atoms with Gasteiger partial charge in [-0.2, -0.15) is 0 Å². The summed E-state index contributed by atoms with van der Waals surface area (Å²) in [5.74, 6) is -1.35.